The second-order valence-electron chi connectivity index (χ2n) is 6.03. The van der Waals surface area contributed by atoms with E-state index in [4.69, 9.17) is 0 Å². The average molecular weight is 410 g/mol. The molecule has 0 saturated heterocycles. The van der Waals surface area contributed by atoms with Crippen LogP contribution in [0.2, 0.25) is 0 Å². The van der Waals surface area contributed by atoms with E-state index in [-0.39, 0.29) is 11.3 Å². The Morgan fingerprint density at radius 1 is 1.21 bits per heavy atom. The number of aliphatic carboxylic acids is 1. The van der Waals surface area contributed by atoms with Crippen molar-refractivity contribution in [1.29, 1.82) is 0 Å². The van der Waals surface area contributed by atoms with E-state index in [2.05, 4.69) is 9.98 Å². The van der Waals surface area contributed by atoms with E-state index in [1.165, 1.54) is 6.21 Å². The first kappa shape index (κ1) is 20.2. The molecule has 0 aliphatic carbocycles. The molecule has 0 amide bonds. The van der Waals surface area contributed by atoms with E-state index in [1.54, 1.807) is 55.5 Å². The molecule has 0 aliphatic rings. The first-order valence-electron chi connectivity index (χ1n) is 8.48. The maximum Gasteiger partial charge on any atom is 0.335 e. The van der Waals surface area contributed by atoms with E-state index in [0.717, 1.165) is 26.8 Å². The minimum absolute atomic E-state index is 0.160. The molecular weight excluding hydrogens is 394 g/mol. The first-order chi connectivity index (χ1) is 13.9. The Kier molecular flexibility index (Phi) is 5.99. The normalized spacial score (nSPS) is 11.1. The number of carboxylic acids is 1. The maximum absolute atomic E-state index is 12.2. The number of aromatic nitrogens is 2. The van der Waals surface area contributed by atoms with Crippen LogP contribution in [0.25, 0.3) is 5.69 Å². The molecule has 0 spiro atoms. The smallest absolute Gasteiger partial charge is 0.335 e. The highest BCUT2D eigenvalue weighted by Gasteiger charge is 2.15. The van der Waals surface area contributed by atoms with Gasteiger partial charge in [-0.15, -0.1) is 11.8 Å². The van der Waals surface area contributed by atoms with Crippen molar-refractivity contribution in [3.05, 3.63) is 80.5 Å². The highest BCUT2D eigenvalue weighted by atomic mass is 32.2. The van der Waals surface area contributed by atoms with Crippen LogP contribution in [0.3, 0.4) is 0 Å². The Labute approximate surface area is 169 Å². The van der Waals surface area contributed by atoms with Crippen molar-refractivity contribution >= 4 is 29.6 Å². The van der Waals surface area contributed by atoms with Gasteiger partial charge in [-0.25, -0.2) is 9.36 Å². The van der Waals surface area contributed by atoms with E-state index in [9.17, 15) is 24.6 Å². The molecule has 0 bridgehead atoms. The number of H-pyrrole nitrogens is 1. The van der Waals surface area contributed by atoms with Gasteiger partial charge in [0.05, 0.1) is 17.3 Å². The van der Waals surface area contributed by atoms with Gasteiger partial charge in [-0.3, -0.25) is 14.8 Å². The fourth-order valence-corrected chi connectivity index (χ4v) is 3.22. The Balaban J connectivity index is 1.94. The number of carbonyl (C=O) groups excluding carboxylic acids is 1. The van der Waals surface area contributed by atoms with Crippen LogP contribution in [-0.2, 0) is 4.79 Å². The summed E-state index contributed by atoms with van der Waals surface area (Å²) in [6.45, 7) is 1.78. The molecule has 9 heteroatoms. The van der Waals surface area contributed by atoms with Gasteiger partial charge in [0, 0.05) is 16.9 Å². The fourth-order valence-electron chi connectivity index (χ4n) is 2.60. The third-order valence-corrected chi connectivity index (χ3v) is 5.00. The topological polar surface area (TPSA) is 128 Å². The third-order valence-electron chi connectivity index (χ3n) is 4.01. The van der Waals surface area contributed by atoms with Crippen molar-refractivity contribution in [3.8, 4) is 11.6 Å². The minimum atomic E-state index is -1.16. The predicted octanol–water partition coefficient (Wildman–Crippen LogP) is 1.13. The Hall–Kier alpha value is -3.59. The molecule has 3 rings (SSSR count). The second-order valence-corrected chi connectivity index (χ2v) is 7.08. The zero-order valence-corrected chi connectivity index (χ0v) is 16.1. The van der Waals surface area contributed by atoms with Gasteiger partial charge in [0.2, 0.25) is 5.88 Å². The number of nitrogens with zero attached hydrogens (tertiary/aromatic N) is 2. The molecule has 0 fully saturated rings. The lowest BCUT2D eigenvalue weighted by Crippen LogP contribution is -2.31. The molecule has 3 aromatic rings. The number of aryl methyl sites for hydroxylation is 1. The van der Waals surface area contributed by atoms with Crippen LogP contribution in [0.5, 0.6) is 5.88 Å². The molecule has 1 aromatic heterocycles. The SMILES string of the molecule is Cc1ccccc1-n1c(O)c(C=Nc2ccc(SCC(=O)[O-])cc2)c(=O)[nH]c1=O. The summed E-state index contributed by atoms with van der Waals surface area (Å²) in [6.07, 6.45) is 1.17. The number of nitrogens with one attached hydrogen (secondary N) is 1. The van der Waals surface area contributed by atoms with Crippen LogP contribution in [0.4, 0.5) is 5.69 Å². The molecule has 0 saturated carbocycles. The van der Waals surface area contributed by atoms with Gasteiger partial charge in [0.25, 0.3) is 5.56 Å². The summed E-state index contributed by atoms with van der Waals surface area (Å²) >= 11 is 1.11. The average Bonchev–Trinajstić information content (AvgIpc) is 2.68. The number of carbonyl (C=O) groups is 1. The zero-order chi connectivity index (χ0) is 21.0. The van der Waals surface area contributed by atoms with Crippen LogP contribution in [0.1, 0.15) is 11.1 Å². The zero-order valence-electron chi connectivity index (χ0n) is 15.3. The highest BCUT2D eigenvalue weighted by Crippen LogP contribution is 2.22. The molecule has 2 aromatic carbocycles. The fraction of sp³-hybridized carbons (Fsp3) is 0.100. The van der Waals surface area contributed by atoms with Crippen molar-refractivity contribution in [2.24, 2.45) is 4.99 Å². The minimum Gasteiger partial charge on any atom is -0.549 e. The lowest BCUT2D eigenvalue weighted by molar-refractivity contribution is -0.301. The number of hydrogen-bond donors (Lipinski definition) is 2. The molecule has 8 nitrogen and oxygen atoms in total. The van der Waals surface area contributed by atoms with Gasteiger partial charge in [-0.2, -0.15) is 0 Å². The van der Waals surface area contributed by atoms with Gasteiger partial charge in [0.1, 0.15) is 5.56 Å². The first-order valence-corrected chi connectivity index (χ1v) is 9.46. The number of aromatic amines is 1. The lowest BCUT2D eigenvalue weighted by atomic mass is 10.2. The predicted molar refractivity (Wildman–Crippen MR) is 108 cm³/mol. The summed E-state index contributed by atoms with van der Waals surface area (Å²) in [4.78, 5) is 42.0. The van der Waals surface area contributed by atoms with Crippen LogP contribution >= 0.6 is 11.8 Å². The van der Waals surface area contributed by atoms with Crippen molar-refractivity contribution in [2.75, 3.05) is 5.75 Å². The Morgan fingerprint density at radius 2 is 1.90 bits per heavy atom. The Bertz CT molecular complexity index is 1200. The quantitative estimate of drug-likeness (QED) is 0.463. The summed E-state index contributed by atoms with van der Waals surface area (Å²) in [5.41, 5.74) is -0.0198. The van der Waals surface area contributed by atoms with E-state index in [0.29, 0.717) is 11.4 Å². The molecule has 0 aliphatic heterocycles. The largest absolute Gasteiger partial charge is 0.549 e. The van der Waals surface area contributed by atoms with Crippen LogP contribution < -0.4 is 16.4 Å². The summed E-state index contributed by atoms with van der Waals surface area (Å²) in [6, 6.07) is 13.6. The van der Waals surface area contributed by atoms with Crippen molar-refractivity contribution in [1.82, 2.24) is 9.55 Å². The summed E-state index contributed by atoms with van der Waals surface area (Å²) < 4.78 is 1.01. The number of thioether (sulfide) groups is 1. The number of rotatable bonds is 6. The van der Waals surface area contributed by atoms with Gasteiger partial charge in [0.15, 0.2) is 0 Å². The molecule has 0 atom stereocenters. The number of para-hydroxylation sites is 1. The number of aromatic hydroxyl groups is 1. The van der Waals surface area contributed by atoms with E-state index >= 15 is 0 Å². The molecule has 0 radical (unpaired) electrons. The summed E-state index contributed by atoms with van der Waals surface area (Å²) in [7, 11) is 0. The third kappa shape index (κ3) is 4.64. The lowest BCUT2D eigenvalue weighted by Gasteiger charge is -2.11. The molecule has 29 heavy (non-hydrogen) atoms. The van der Waals surface area contributed by atoms with Gasteiger partial charge in [-0.05, 0) is 42.8 Å². The van der Waals surface area contributed by atoms with E-state index < -0.39 is 23.1 Å². The van der Waals surface area contributed by atoms with Crippen molar-refractivity contribution < 1.29 is 15.0 Å². The summed E-state index contributed by atoms with van der Waals surface area (Å²) in [5, 5.41) is 21.1. The number of aliphatic imine (C=N–C) groups is 1. The van der Waals surface area contributed by atoms with Crippen LogP contribution in [0, 0.1) is 6.92 Å². The van der Waals surface area contributed by atoms with Gasteiger partial charge < -0.3 is 15.0 Å². The maximum atomic E-state index is 12.2. The molecule has 0 unspecified atom stereocenters. The second kappa shape index (κ2) is 8.61. The monoisotopic (exact) mass is 410 g/mol. The molecule has 148 valence electrons. The highest BCUT2D eigenvalue weighted by molar-refractivity contribution is 8.00. The molecule has 1 heterocycles. The number of carboxylic acid groups (broad SMARTS) is 1. The van der Waals surface area contributed by atoms with E-state index in [1.807, 2.05) is 0 Å². The standard InChI is InChI=1S/C20H17N3O5S/c1-12-4-2-3-5-16(12)23-19(27)15(18(26)22-20(23)28)10-21-13-6-8-14(9-7-13)29-11-17(24)25/h2-10,27H,11H2,1H3,(H,24,25)(H,22,26,28)/p-1. The van der Waals surface area contributed by atoms with Gasteiger partial charge in [-0.1, -0.05) is 18.2 Å². The van der Waals surface area contributed by atoms with Crippen LogP contribution in [0.15, 0.2) is 68.0 Å². The Morgan fingerprint density at radius 3 is 2.55 bits per heavy atom. The molecular formula is C20H16N3O5S-. The summed E-state index contributed by atoms with van der Waals surface area (Å²) in [5.74, 6) is -1.83. The van der Waals surface area contributed by atoms with Crippen molar-refractivity contribution in [3.63, 3.8) is 0 Å². The molecule has 2 N–H and O–H groups in total. The van der Waals surface area contributed by atoms with Gasteiger partial charge >= 0.3 is 5.69 Å². The number of benzene rings is 2. The number of hydrogen-bond acceptors (Lipinski definition) is 7. The van der Waals surface area contributed by atoms with Crippen molar-refractivity contribution in [2.45, 2.75) is 11.8 Å². The van der Waals surface area contributed by atoms with Crippen LogP contribution in [-0.4, -0.2) is 32.6 Å².